The van der Waals surface area contributed by atoms with Crippen LogP contribution in [0.4, 0.5) is 11.4 Å². The first-order chi connectivity index (χ1) is 23.6. The predicted octanol–water partition coefficient (Wildman–Crippen LogP) is 4.37. The van der Waals surface area contributed by atoms with Gasteiger partial charge in [-0.2, -0.15) is 0 Å². The van der Waals surface area contributed by atoms with Crippen molar-refractivity contribution in [1.82, 2.24) is 10.2 Å². The van der Waals surface area contributed by atoms with Crippen molar-refractivity contribution < 1.29 is 33.8 Å². The number of aliphatic hydroxyl groups is 1. The summed E-state index contributed by atoms with van der Waals surface area (Å²) in [5.41, 5.74) is 0.495. The van der Waals surface area contributed by atoms with Crippen LogP contribution in [-0.4, -0.2) is 102 Å². The van der Waals surface area contributed by atoms with Gasteiger partial charge in [0.1, 0.15) is 17.7 Å². The molecule has 0 saturated carbocycles. The molecule has 2 N–H and O–H groups in total. The number of benzene rings is 1. The number of unbranched alkanes of at least 4 members (excludes halogenated alkanes) is 3. The summed E-state index contributed by atoms with van der Waals surface area (Å²) < 4.78 is 12.5. The highest BCUT2D eigenvalue weighted by Gasteiger charge is 2.77. The van der Waals surface area contributed by atoms with E-state index in [1.165, 1.54) is 0 Å². The standard InChI is InChI=1S/C37H53BrN4O7/c1-6-10-15-29(44)39-24-25(5)48-36(47)30-31-34(45)42(21-13-11-12-14-22-43)33(37(31)23-28(38)32(30)49-37)35(46)41(20-7-2)27-18-16-26(17-19-27)40(8-3)9-4/h6-7,16-19,25,28,30-33,43H,1-2,8-15,20-24H2,3-5H3,(H,39,44)/t25-,28?,30-,31+,32-,33-,37+/m0/s1. The largest absolute Gasteiger partial charge is 0.460 e. The lowest BCUT2D eigenvalue weighted by atomic mass is 9.70. The van der Waals surface area contributed by atoms with Crippen LogP contribution in [0.1, 0.15) is 65.7 Å². The van der Waals surface area contributed by atoms with Gasteiger partial charge in [-0.1, -0.05) is 40.9 Å². The third-order valence-corrected chi connectivity index (χ3v) is 10.8. The van der Waals surface area contributed by atoms with Crippen LogP contribution in [0.15, 0.2) is 49.6 Å². The maximum Gasteiger partial charge on any atom is 0.312 e. The van der Waals surface area contributed by atoms with Crippen LogP contribution in [0.25, 0.3) is 0 Å². The molecular formula is C37H53BrN4O7. The highest BCUT2D eigenvalue weighted by Crippen LogP contribution is 2.60. The third kappa shape index (κ3) is 8.23. The number of carbonyl (C=O) groups excluding carboxylic acids is 4. The fraction of sp³-hybridized carbons (Fsp3) is 0.622. The molecule has 0 radical (unpaired) electrons. The molecule has 0 aliphatic carbocycles. The number of ether oxygens (including phenoxy) is 2. The van der Waals surface area contributed by atoms with Gasteiger partial charge < -0.3 is 34.6 Å². The van der Waals surface area contributed by atoms with Crippen molar-refractivity contribution >= 4 is 51.0 Å². The maximum atomic E-state index is 14.9. The number of esters is 1. The van der Waals surface area contributed by atoms with E-state index in [2.05, 4.69) is 53.2 Å². The lowest BCUT2D eigenvalue weighted by Crippen LogP contribution is -2.57. The molecule has 1 aromatic rings. The van der Waals surface area contributed by atoms with Gasteiger partial charge in [0.15, 0.2) is 0 Å². The Labute approximate surface area is 299 Å². The van der Waals surface area contributed by atoms with Gasteiger partial charge in [-0.15, -0.1) is 13.2 Å². The van der Waals surface area contributed by atoms with Crippen molar-refractivity contribution in [2.75, 3.05) is 49.1 Å². The molecule has 2 bridgehead atoms. The normalized spacial score (nSPS) is 25.9. The average Bonchev–Trinajstić information content (AvgIpc) is 3.68. The van der Waals surface area contributed by atoms with Crippen LogP contribution in [0.2, 0.25) is 0 Å². The Bertz CT molecular complexity index is 1340. The number of hydrogen-bond acceptors (Lipinski definition) is 8. The molecule has 3 aliphatic rings. The highest BCUT2D eigenvalue weighted by atomic mass is 79.9. The minimum absolute atomic E-state index is 0.0983. The van der Waals surface area contributed by atoms with Crippen molar-refractivity contribution in [2.24, 2.45) is 11.8 Å². The van der Waals surface area contributed by atoms with Gasteiger partial charge in [-0.05, 0) is 70.7 Å². The van der Waals surface area contributed by atoms with Crippen molar-refractivity contribution in [3.05, 3.63) is 49.6 Å². The zero-order valence-electron chi connectivity index (χ0n) is 29.2. The SMILES string of the molecule is C=CCCC(=O)NC[C@H](C)OC(=O)[C@@H]1[C@H]2O[C@@]3(CC2Br)[C@H](C(=O)N(CC=C)c2ccc(N(CC)CC)cc2)N(CCCCCCO)C(=O)[C@@H]13. The Kier molecular flexibility index (Phi) is 13.9. The first-order valence-electron chi connectivity index (χ1n) is 17.7. The molecule has 1 unspecified atom stereocenters. The predicted molar refractivity (Wildman–Crippen MR) is 194 cm³/mol. The third-order valence-electron chi connectivity index (χ3n) is 9.95. The molecule has 0 aromatic heterocycles. The van der Waals surface area contributed by atoms with Crippen LogP contribution < -0.4 is 15.1 Å². The number of nitrogens with one attached hydrogen (secondary N) is 1. The molecule has 3 saturated heterocycles. The smallest absolute Gasteiger partial charge is 0.312 e. The summed E-state index contributed by atoms with van der Waals surface area (Å²) in [6.45, 7) is 15.9. The van der Waals surface area contributed by atoms with Crippen molar-refractivity contribution in [3.63, 3.8) is 0 Å². The molecule has 4 rings (SSSR count). The van der Waals surface area contributed by atoms with E-state index in [9.17, 15) is 24.3 Å². The summed E-state index contributed by atoms with van der Waals surface area (Å²) in [5, 5.41) is 12.0. The number of anilines is 2. The Morgan fingerprint density at radius 1 is 1.12 bits per heavy atom. The molecule has 1 spiro atoms. The fourth-order valence-electron chi connectivity index (χ4n) is 7.60. The Morgan fingerprint density at radius 2 is 1.80 bits per heavy atom. The maximum absolute atomic E-state index is 14.9. The first-order valence-corrected chi connectivity index (χ1v) is 18.6. The number of likely N-dealkylation sites (tertiary alicyclic amines) is 1. The van der Waals surface area contributed by atoms with Gasteiger partial charge >= 0.3 is 5.97 Å². The van der Waals surface area contributed by atoms with E-state index < -0.39 is 41.7 Å². The Morgan fingerprint density at radius 3 is 2.43 bits per heavy atom. The van der Waals surface area contributed by atoms with E-state index in [4.69, 9.17) is 9.47 Å². The lowest BCUT2D eigenvalue weighted by molar-refractivity contribution is -0.159. The minimum Gasteiger partial charge on any atom is -0.460 e. The van der Waals surface area contributed by atoms with Crippen molar-refractivity contribution in [3.8, 4) is 0 Å². The molecule has 49 heavy (non-hydrogen) atoms. The zero-order valence-corrected chi connectivity index (χ0v) is 30.7. The second-order valence-corrected chi connectivity index (χ2v) is 14.3. The fourth-order valence-corrected chi connectivity index (χ4v) is 8.54. The number of fused-ring (bicyclic) bond motifs is 1. The molecule has 1 aromatic carbocycles. The molecule has 270 valence electrons. The summed E-state index contributed by atoms with van der Waals surface area (Å²) in [5.74, 6) is -3.13. The molecule has 3 heterocycles. The number of rotatable bonds is 20. The molecule has 7 atom stereocenters. The van der Waals surface area contributed by atoms with Crippen molar-refractivity contribution in [2.45, 2.75) is 94.4 Å². The summed E-state index contributed by atoms with van der Waals surface area (Å²) >= 11 is 3.72. The van der Waals surface area contributed by atoms with Crippen LogP contribution in [0.5, 0.6) is 0 Å². The van der Waals surface area contributed by atoms with Gasteiger partial charge in [0, 0.05) is 55.4 Å². The first kappa shape index (κ1) is 38.6. The highest BCUT2D eigenvalue weighted by molar-refractivity contribution is 9.09. The molecule has 12 heteroatoms. The van der Waals surface area contributed by atoms with E-state index in [0.717, 1.165) is 31.6 Å². The quantitative estimate of drug-likeness (QED) is 0.0873. The number of allylic oxidation sites excluding steroid dienone is 1. The second kappa shape index (κ2) is 17.6. The zero-order chi connectivity index (χ0) is 35.7. The Balaban J connectivity index is 1.63. The van der Waals surface area contributed by atoms with Gasteiger partial charge in [-0.25, -0.2) is 0 Å². The number of halogens is 1. The van der Waals surface area contributed by atoms with Gasteiger partial charge in [-0.3, -0.25) is 19.2 Å². The average molecular weight is 746 g/mol. The molecule has 11 nitrogen and oxygen atoms in total. The lowest BCUT2D eigenvalue weighted by Gasteiger charge is -2.37. The van der Waals surface area contributed by atoms with E-state index in [0.29, 0.717) is 44.3 Å². The summed E-state index contributed by atoms with van der Waals surface area (Å²) in [7, 11) is 0. The van der Waals surface area contributed by atoms with E-state index in [1.807, 2.05) is 24.3 Å². The molecule has 3 aliphatic heterocycles. The summed E-state index contributed by atoms with van der Waals surface area (Å²) in [6.07, 6.45) is 6.14. The van der Waals surface area contributed by atoms with E-state index in [1.54, 1.807) is 28.9 Å². The van der Waals surface area contributed by atoms with Gasteiger partial charge in [0.05, 0.1) is 24.5 Å². The van der Waals surface area contributed by atoms with Crippen LogP contribution in [0, 0.1) is 11.8 Å². The number of hydrogen-bond donors (Lipinski definition) is 2. The summed E-state index contributed by atoms with van der Waals surface area (Å²) in [6, 6.07) is 6.85. The van der Waals surface area contributed by atoms with Crippen LogP contribution in [0.3, 0.4) is 0 Å². The molecular weight excluding hydrogens is 692 g/mol. The van der Waals surface area contributed by atoms with E-state index in [-0.39, 0.29) is 42.2 Å². The molecule has 3 fully saturated rings. The topological polar surface area (TPSA) is 129 Å². The van der Waals surface area contributed by atoms with Gasteiger partial charge in [0.25, 0.3) is 5.91 Å². The number of aliphatic hydroxyl groups excluding tert-OH is 1. The van der Waals surface area contributed by atoms with E-state index >= 15 is 0 Å². The number of alkyl halides is 1. The summed E-state index contributed by atoms with van der Waals surface area (Å²) in [4.78, 5) is 60.5. The molecule has 3 amide bonds. The Hall–Kier alpha value is -3.22. The number of carbonyl (C=O) groups is 4. The number of nitrogens with zero attached hydrogens (tertiary/aromatic N) is 3. The van der Waals surface area contributed by atoms with Crippen LogP contribution in [-0.2, 0) is 28.7 Å². The number of amides is 3. The monoisotopic (exact) mass is 744 g/mol. The van der Waals surface area contributed by atoms with Crippen LogP contribution >= 0.6 is 15.9 Å². The second-order valence-electron chi connectivity index (χ2n) is 13.1. The van der Waals surface area contributed by atoms with Crippen molar-refractivity contribution in [1.29, 1.82) is 0 Å². The minimum atomic E-state index is -1.23. The van der Waals surface area contributed by atoms with Gasteiger partial charge in [0.2, 0.25) is 11.8 Å².